The number of amides is 4. The molecule has 0 bridgehead atoms. The molecule has 2 atom stereocenters. The molecule has 11 heteroatoms. The van der Waals surface area contributed by atoms with E-state index in [1.165, 1.54) is 6.07 Å². The van der Waals surface area contributed by atoms with Gasteiger partial charge in [-0.3, -0.25) is 9.59 Å². The zero-order valence-corrected chi connectivity index (χ0v) is 22.2. The van der Waals surface area contributed by atoms with Crippen LogP contribution >= 0.6 is 0 Å². The molecule has 4 amide bonds. The Bertz CT molecular complexity index is 1240. The number of urea groups is 1. The van der Waals surface area contributed by atoms with Crippen LogP contribution in [-0.2, 0) is 9.59 Å². The highest BCUT2D eigenvalue weighted by atomic mass is 16.5. The molecule has 0 radical (unpaired) electrons. The Morgan fingerprint density at radius 1 is 1.08 bits per heavy atom. The zero-order chi connectivity index (χ0) is 28.7. The molecule has 11 nitrogen and oxygen atoms in total. The van der Waals surface area contributed by atoms with Gasteiger partial charge in [0.15, 0.2) is 0 Å². The van der Waals surface area contributed by atoms with Gasteiger partial charge in [0.05, 0.1) is 0 Å². The lowest BCUT2D eigenvalue weighted by Crippen LogP contribution is -2.30. The van der Waals surface area contributed by atoms with Crippen LogP contribution in [0.3, 0.4) is 0 Å². The lowest BCUT2D eigenvalue weighted by Gasteiger charge is -2.17. The van der Waals surface area contributed by atoms with Crippen molar-refractivity contribution < 1.29 is 23.5 Å². The standard InChI is InChI=1S/C19H16N2O5.C6H15N3O.C2H6/c1-11-8-17(23)26-16-9-14(6-7-15(11)16)25-18(19(20)24)12-2-4-13(5-3-12)21-10-22;1-5(7)3-2-4-9-6(8)10;1-2/h2-10,18H,1H3,(H2,20,24)(H,21,22);5H,2-4,7H2,1H3,(H3,8,9,10);1-2H3. The van der Waals surface area contributed by atoms with Gasteiger partial charge < -0.3 is 37.0 Å². The molecular formula is C27H37N5O6. The molecule has 0 fully saturated rings. The Hall–Kier alpha value is -4.38. The second-order valence-electron chi connectivity index (χ2n) is 8.10. The summed E-state index contributed by atoms with van der Waals surface area (Å²) in [6, 6.07) is 12.6. The van der Waals surface area contributed by atoms with Gasteiger partial charge in [-0.25, -0.2) is 9.59 Å². The molecule has 0 saturated carbocycles. The first-order chi connectivity index (χ1) is 18.1. The summed E-state index contributed by atoms with van der Waals surface area (Å²) in [7, 11) is 0. The second-order valence-corrected chi connectivity index (χ2v) is 8.10. The third kappa shape index (κ3) is 10.7. The number of aryl methyl sites for hydroxylation is 1. The minimum absolute atomic E-state index is 0.203. The summed E-state index contributed by atoms with van der Waals surface area (Å²) in [4.78, 5) is 44.0. The summed E-state index contributed by atoms with van der Waals surface area (Å²) in [6.45, 7) is 8.36. The summed E-state index contributed by atoms with van der Waals surface area (Å²) < 4.78 is 10.9. The summed E-state index contributed by atoms with van der Waals surface area (Å²) in [5, 5.41) is 5.76. The molecule has 0 aliphatic rings. The molecule has 1 aromatic heterocycles. The highest BCUT2D eigenvalue weighted by Gasteiger charge is 2.20. The number of benzene rings is 2. The van der Waals surface area contributed by atoms with Gasteiger partial charge in [0, 0.05) is 41.4 Å². The number of rotatable bonds is 10. The molecule has 2 aromatic carbocycles. The number of ether oxygens (including phenoxy) is 1. The SMILES string of the molecule is CC.CC(N)CCCNC(N)=O.Cc1cc(=O)oc2cc(OC(C(N)=O)c3ccc(NC=O)cc3)ccc12. The molecule has 38 heavy (non-hydrogen) atoms. The Morgan fingerprint density at radius 2 is 1.74 bits per heavy atom. The second kappa shape index (κ2) is 16.4. The van der Waals surface area contributed by atoms with E-state index >= 15 is 0 Å². The normalized spacial score (nSPS) is 11.5. The summed E-state index contributed by atoms with van der Waals surface area (Å²) in [5.74, 6) is -0.336. The molecule has 206 valence electrons. The number of fused-ring (bicyclic) bond motifs is 1. The van der Waals surface area contributed by atoms with Crippen LogP contribution in [0.4, 0.5) is 10.5 Å². The first-order valence-corrected chi connectivity index (χ1v) is 12.2. The fourth-order valence-corrected chi connectivity index (χ4v) is 3.26. The van der Waals surface area contributed by atoms with Gasteiger partial charge in [-0.05, 0) is 56.5 Å². The maximum Gasteiger partial charge on any atom is 0.336 e. The van der Waals surface area contributed by atoms with Gasteiger partial charge in [-0.1, -0.05) is 26.0 Å². The third-order valence-electron chi connectivity index (χ3n) is 5.01. The maximum absolute atomic E-state index is 11.8. The molecular weight excluding hydrogens is 490 g/mol. The Labute approximate surface area is 221 Å². The van der Waals surface area contributed by atoms with E-state index in [9.17, 15) is 19.2 Å². The van der Waals surface area contributed by atoms with Crippen molar-refractivity contribution in [2.45, 2.75) is 52.7 Å². The van der Waals surface area contributed by atoms with Crippen molar-refractivity contribution in [3.05, 3.63) is 70.1 Å². The quantitative estimate of drug-likeness (QED) is 0.152. The fourth-order valence-electron chi connectivity index (χ4n) is 3.26. The predicted molar refractivity (Wildman–Crippen MR) is 148 cm³/mol. The average molecular weight is 528 g/mol. The molecule has 0 saturated heterocycles. The van der Waals surface area contributed by atoms with Crippen molar-refractivity contribution >= 4 is 35.0 Å². The van der Waals surface area contributed by atoms with E-state index < -0.39 is 23.7 Å². The van der Waals surface area contributed by atoms with Crippen LogP contribution in [0.15, 0.2) is 57.7 Å². The van der Waals surface area contributed by atoms with Crippen molar-refractivity contribution in [2.75, 3.05) is 11.9 Å². The number of primary amides is 2. The molecule has 2 unspecified atom stereocenters. The maximum atomic E-state index is 11.8. The Balaban J connectivity index is 0.000000510. The van der Waals surface area contributed by atoms with Gasteiger partial charge in [-0.15, -0.1) is 0 Å². The molecule has 0 aliphatic carbocycles. The summed E-state index contributed by atoms with van der Waals surface area (Å²) >= 11 is 0. The van der Waals surface area contributed by atoms with Crippen LogP contribution in [0, 0.1) is 6.92 Å². The number of anilines is 1. The number of nitrogens with one attached hydrogen (secondary N) is 2. The largest absolute Gasteiger partial charge is 0.476 e. The van der Waals surface area contributed by atoms with Gasteiger partial charge >= 0.3 is 11.7 Å². The van der Waals surface area contributed by atoms with E-state index in [1.54, 1.807) is 49.4 Å². The smallest absolute Gasteiger partial charge is 0.336 e. The van der Waals surface area contributed by atoms with E-state index in [2.05, 4.69) is 10.6 Å². The van der Waals surface area contributed by atoms with Crippen molar-refractivity contribution in [1.82, 2.24) is 5.32 Å². The molecule has 1 heterocycles. The van der Waals surface area contributed by atoms with Crippen LogP contribution in [-0.4, -0.2) is 30.9 Å². The van der Waals surface area contributed by atoms with E-state index in [0.717, 1.165) is 23.8 Å². The monoisotopic (exact) mass is 527 g/mol. The zero-order valence-electron chi connectivity index (χ0n) is 22.2. The minimum atomic E-state index is -1.03. The van der Waals surface area contributed by atoms with Crippen molar-refractivity contribution in [3.8, 4) is 5.75 Å². The van der Waals surface area contributed by atoms with E-state index in [4.69, 9.17) is 26.4 Å². The number of carbonyl (C=O) groups excluding carboxylic acids is 3. The first-order valence-electron chi connectivity index (χ1n) is 12.2. The van der Waals surface area contributed by atoms with Gasteiger partial charge in [-0.2, -0.15) is 0 Å². The minimum Gasteiger partial charge on any atom is -0.476 e. The average Bonchev–Trinajstić information content (AvgIpc) is 2.87. The van der Waals surface area contributed by atoms with Crippen LogP contribution in [0.25, 0.3) is 11.0 Å². The highest BCUT2D eigenvalue weighted by Crippen LogP contribution is 2.27. The van der Waals surface area contributed by atoms with Gasteiger partial charge in [0.1, 0.15) is 11.3 Å². The third-order valence-corrected chi connectivity index (χ3v) is 5.01. The molecule has 0 spiro atoms. The predicted octanol–water partition coefficient (Wildman–Crippen LogP) is 3.08. The van der Waals surface area contributed by atoms with Gasteiger partial charge in [0.2, 0.25) is 12.5 Å². The molecule has 3 rings (SSSR count). The molecule has 0 aliphatic heterocycles. The van der Waals surface area contributed by atoms with Crippen molar-refractivity contribution in [3.63, 3.8) is 0 Å². The summed E-state index contributed by atoms with van der Waals surface area (Å²) in [6.07, 6.45) is 1.33. The first kappa shape index (κ1) is 31.6. The number of hydrogen-bond donors (Lipinski definition) is 5. The Kier molecular flexibility index (Phi) is 13.6. The van der Waals surface area contributed by atoms with E-state index in [1.807, 2.05) is 20.8 Å². The lowest BCUT2D eigenvalue weighted by atomic mass is 10.1. The van der Waals surface area contributed by atoms with Crippen LogP contribution in [0.5, 0.6) is 5.75 Å². The molecule has 8 N–H and O–H groups in total. The number of hydrogen-bond acceptors (Lipinski definition) is 7. The van der Waals surface area contributed by atoms with Crippen LogP contribution in [0.2, 0.25) is 0 Å². The lowest BCUT2D eigenvalue weighted by molar-refractivity contribution is -0.125. The van der Waals surface area contributed by atoms with Crippen LogP contribution in [0.1, 0.15) is 50.8 Å². The van der Waals surface area contributed by atoms with Crippen molar-refractivity contribution in [1.29, 1.82) is 0 Å². The van der Waals surface area contributed by atoms with Crippen molar-refractivity contribution in [2.24, 2.45) is 17.2 Å². The number of carbonyl (C=O) groups is 3. The van der Waals surface area contributed by atoms with Crippen LogP contribution < -0.4 is 38.2 Å². The number of nitrogens with two attached hydrogens (primary N) is 3. The van der Waals surface area contributed by atoms with E-state index in [-0.39, 0.29) is 6.04 Å². The summed E-state index contributed by atoms with van der Waals surface area (Å²) in [5.41, 5.74) is 17.6. The highest BCUT2D eigenvalue weighted by molar-refractivity contribution is 5.83. The topological polar surface area (TPSA) is 193 Å². The molecule has 3 aromatic rings. The fraction of sp³-hybridized carbons (Fsp3) is 0.333. The Morgan fingerprint density at radius 3 is 2.29 bits per heavy atom. The van der Waals surface area contributed by atoms with E-state index in [0.29, 0.717) is 35.5 Å². The van der Waals surface area contributed by atoms with Gasteiger partial charge in [0.25, 0.3) is 5.91 Å².